The van der Waals surface area contributed by atoms with E-state index in [1.807, 2.05) is 0 Å². The minimum Gasteiger partial charge on any atom is -0.463 e. The third kappa shape index (κ3) is 6.81. The summed E-state index contributed by atoms with van der Waals surface area (Å²) in [7, 11) is 0. The van der Waals surface area contributed by atoms with Gasteiger partial charge in [0.1, 0.15) is 12.7 Å². The average Bonchev–Trinajstić information content (AvgIpc) is 2.97. The topological polar surface area (TPSA) is 51.4 Å². The van der Waals surface area contributed by atoms with E-state index in [-0.39, 0.29) is 12.1 Å². The number of carbonyl (C=O) groups excluding carboxylic acids is 1. The first-order chi connectivity index (χ1) is 6.22. The molecule has 2 atom stereocenters. The quantitative estimate of drug-likeness (QED) is 0.387. The Hall–Kier alpha value is -0.320. The summed E-state index contributed by atoms with van der Waals surface area (Å²) in [6, 6.07) is 0. The number of hydrogen-bond acceptors (Lipinski definition) is 4. The zero-order chi connectivity index (χ0) is 9.68. The summed E-state index contributed by atoms with van der Waals surface area (Å²) in [5.41, 5.74) is 0. The normalized spacial score (nSPS) is 28.5. The van der Waals surface area contributed by atoms with Gasteiger partial charge in [-0.15, -0.1) is 11.6 Å². The minimum absolute atomic E-state index is 0.193. The molecule has 2 rings (SSSR count). The van der Waals surface area contributed by atoms with Crippen molar-refractivity contribution in [2.45, 2.75) is 19.1 Å². The predicted molar refractivity (Wildman–Crippen MR) is 46.8 cm³/mol. The number of esters is 1. The Bertz CT molecular complexity index is 166. The van der Waals surface area contributed by atoms with Crippen LogP contribution in [0.3, 0.4) is 0 Å². The lowest BCUT2D eigenvalue weighted by molar-refractivity contribution is -0.141. The van der Waals surface area contributed by atoms with Gasteiger partial charge in [-0.25, -0.2) is 0 Å². The number of hydrogen-bond donors (Lipinski definition) is 0. The van der Waals surface area contributed by atoms with Crippen molar-refractivity contribution in [3.05, 3.63) is 0 Å². The molecule has 2 unspecified atom stereocenters. The number of ether oxygens (including phenoxy) is 3. The maximum atomic E-state index is 10.1. The monoisotopic (exact) mass is 208 g/mol. The molecular weight excluding hydrogens is 196 g/mol. The molecule has 0 radical (unpaired) electrons. The van der Waals surface area contributed by atoms with Gasteiger partial charge in [0.2, 0.25) is 0 Å². The average molecular weight is 209 g/mol. The Labute approximate surface area is 82.1 Å². The second kappa shape index (κ2) is 5.42. The second-order valence-electron chi connectivity index (χ2n) is 2.87. The van der Waals surface area contributed by atoms with Crippen LogP contribution in [-0.2, 0) is 19.0 Å². The van der Waals surface area contributed by atoms with E-state index in [0.717, 1.165) is 13.2 Å². The number of alkyl halides is 1. The highest BCUT2D eigenvalue weighted by Gasteiger charge is 2.23. The lowest BCUT2D eigenvalue weighted by Gasteiger charge is -1.93. The van der Waals surface area contributed by atoms with Crippen LogP contribution in [0.5, 0.6) is 0 Å². The van der Waals surface area contributed by atoms with Crippen molar-refractivity contribution in [3.63, 3.8) is 0 Å². The van der Waals surface area contributed by atoms with Gasteiger partial charge in [-0.3, -0.25) is 4.79 Å². The number of epoxide rings is 2. The molecule has 0 aromatic rings. The molecular formula is C8H13ClO4. The van der Waals surface area contributed by atoms with E-state index in [4.69, 9.17) is 21.1 Å². The van der Waals surface area contributed by atoms with Gasteiger partial charge >= 0.3 is 5.97 Å². The van der Waals surface area contributed by atoms with Gasteiger partial charge in [-0.1, -0.05) is 0 Å². The fourth-order valence-electron chi connectivity index (χ4n) is 0.532. The third-order valence-electron chi connectivity index (χ3n) is 1.45. The molecule has 2 saturated heterocycles. The molecule has 5 heteroatoms. The van der Waals surface area contributed by atoms with Crippen molar-refractivity contribution in [1.82, 2.24) is 0 Å². The van der Waals surface area contributed by atoms with Gasteiger partial charge in [-0.2, -0.15) is 0 Å². The Morgan fingerprint density at radius 1 is 1.46 bits per heavy atom. The van der Waals surface area contributed by atoms with Crippen molar-refractivity contribution < 1.29 is 19.0 Å². The molecule has 4 nitrogen and oxygen atoms in total. The largest absolute Gasteiger partial charge is 0.463 e. The smallest absolute Gasteiger partial charge is 0.302 e. The zero-order valence-electron chi connectivity index (χ0n) is 7.49. The molecule has 0 aromatic heterocycles. The summed E-state index contributed by atoms with van der Waals surface area (Å²) < 4.78 is 14.1. The highest BCUT2D eigenvalue weighted by Crippen LogP contribution is 2.08. The fourth-order valence-corrected chi connectivity index (χ4v) is 0.710. The fraction of sp³-hybridized carbons (Fsp3) is 0.875. The van der Waals surface area contributed by atoms with Gasteiger partial charge in [0.15, 0.2) is 0 Å². The predicted octanol–water partition coefficient (Wildman–Crippen LogP) is 0.572. The first-order valence-electron chi connectivity index (χ1n) is 4.15. The Kier molecular flexibility index (Phi) is 4.48. The van der Waals surface area contributed by atoms with Gasteiger partial charge in [0.25, 0.3) is 0 Å². The van der Waals surface area contributed by atoms with Gasteiger partial charge in [-0.05, 0) is 0 Å². The maximum Gasteiger partial charge on any atom is 0.302 e. The molecule has 0 aliphatic carbocycles. The van der Waals surface area contributed by atoms with E-state index >= 15 is 0 Å². The Morgan fingerprint density at radius 2 is 2.00 bits per heavy atom. The first kappa shape index (κ1) is 10.8. The van der Waals surface area contributed by atoms with Crippen LogP contribution < -0.4 is 0 Å². The van der Waals surface area contributed by atoms with E-state index in [1.54, 1.807) is 0 Å². The minimum atomic E-state index is -0.236. The van der Waals surface area contributed by atoms with Gasteiger partial charge in [0.05, 0.1) is 25.2 Å². The molecule has 0 bridgehead atoms. The van der Waals surface area contributed by atoms with E-state index in [9.17, 15) is 4.79 Å². The van der Waals surface area contributed by atoms with Crippen LogP contribution in [0.4, 0.5) is 0 Å². The van der Waals surface area contributed by atoms with Gasteiger partial charge in [0, 0.05) is 6.92 Å². The molecule has 0 amide bonds. The van der Waals surface area contributed by atoms with E-state index in [2.05, 4.69) is 4.74 Å². The second-order valence-corrected chi connectivity index (χ2v) is 3.18. The summed E-state index contributed by atoms with van der Waals surface area (Å²) >= 11 is 5.27. The number of halogens is 1. The summed E-state index contributed by atoms with van der Waals surface area (Å²) in [5.74, 6) is 0.431. The molecule has 0 aromatic carbocycles. The van der Waals surface area contributed by atoms with Crippen LogP contribution in [0.15, 0.2) is 0 Å². The molecule has 13 heavy (non-hydrogen) atoms. The zero-order valence-corrected chi connectivity index (χ0v) is 8.25. The molecule has 76 valence electrons. The Balaban J connectivity index is 0.000000145. The van der Waals surface area contributed by atoms with E-state index in [0.29, 0.717) is 18.6 Å². The SMILES string of the molecule is CC(=O)OCC1CO1.ClCC1CO1. The first-order valence-corrected chi connectivity index (χ1v) is 4.68. The van der Waals surface area contributed by atoms with E-state index < -0.39 is 0 Å². The lowest BCUT2D eigenvalue weighted by atomic mass is 10.5. The molecule has 0 spiro atoms. The van der Waals surface area contributed by atoms with Crippen molar-refractivity contribution in [3.8, 4) is 0 Å². The van der Waals surface area contributed by atoms with Crippen molar-refractivity contribution >= 4 is 17.6 Å². The summed E-state index contributed by atoms with van der Waals surface area (Å²) in [6.07, 6.45) is 0.593. The molecule has 0 N–H and O–H groups in total. The summed E-state index contributed by atoms with van der Waals surface area (Å²) in [4.78, 5) is 10.1. The molecule has 2 aliphatic rings. The van der Waals surface area contributed by atoms with Crippen molar-refractivity contribution in [2.24, 2.45) is 0 Å². The van der Waals surface area contributed by atoms with Crippen LogP contribution in [-0.4, -0.2) is 43.9 Å². The number of rotatable bonds is 3. The van der Waals surface area contributed by atoms with Crippen molar-refractivity contribution in [2.75, 3.05) is 25.7 Å². The molecule has 2 heterocycles. The van der Waals surface area contributed by atoms with Gasteiger partial charge < -0.3 is 14.2 Å². The maximum absolute atomic E-state index is 10.1. The summed E-state index contributed by atoms with van der Waals surface area (Å²) in [5, 5.41) is 0. The number of carbonyl (C=O) groups is 1. The molecule has 2 fully saturated rings. The van der Waals surface area contributed by atoms with Crippen LogP contribution in [0.25, 0.3) is 0 Å². The molecule has 0 saturated carbocycles. The molecule has 2 aliphatic heterocycles. The third-order valence-corrected chi connectivity index (χ3v) is 1.79. The van der Waals surface area contributed by atoms with Crippen LogP contribution in [0.2, 0.25) is 0 Å². The van der Waals surface area contributed by atoms with Crippen LogP contribution in [0, 0.1) is 0 Å². The highest BCUT2D eigenvalue weighted by molar-refractivity contribution is 6.18. The highest BCUT2D eigenvalue weighted by atomic mass is 35.5. The summed E-state index contributed by atoms with van der Waals surface area (Å²) in [6.45, 7) is 3.44. The van der Waals surface area contributed by atoms with Crippen molar-refractivity contribution in [1.29, 1.82) is 0 Å². The Morgan fingerprint density at radius 3 is 2.23 bits per heavy atom. The van der Waals surface area contributed by atoms with Crippen LogP contribution >= 0.6 is 11.6 Å². The lowest BCUT2D eigenvalue weighted by Crippen LogP contribution is -2.05. The standard InChI is InChI=1S/C5H8O3.C3H5ClO/c1-4(6)7-2-5-3-8-5;4-1-3-2-5-3/h5H,2-3H2,1H3;3H,1-2H2. The van der Waals surface area contributed by atoms with Crippen LogP contribution in [0.1, 0.15) is 6.92 Å². The van der Waals surface area contributed by atoms with E-state index in [1.165, 1.54) is 6.92 Å².